The van der Waals surface area contributed by atoms with Crippen molar-refractivity contribution < 1.29 is 4.79 Å². The van der Waals surface area contributed by atoms with Crippen molar-refractivity contribution in [3.63, 3.8) is 0 Å². The number of piperidine rings is 1. The van der Waals surface area contributed by atoms with Gasteiger partial charge >= 0.3 is 0 Å². The molecule has 1 aliphatic rings. The molecule has 1 atom stereocenters. The Morgan fingerprint density at radius 1 is 1.55 bits per heavy atom. The van der Waals surface area contributed by atoms with Gasteiger partial charge in [0.05, 0.1) is 6.04 Å². The molecule has 0 radical (unpaired) electrons. The molecule has 11 heavy (non-hydrogen) atoms. The van der Waals surface area contributed by atoms with Crippen LogP contribution in [0.3, 0.4) is 0 Å². The van der Waals surface area contributed by atoms with Crippen molar-refractivity contribution in [1.29, 1.82) is 0 Å². The number of nitrogens with zero attached hydrogens (tertiary/aromatic N) is 1. The molecule has 0 spiro atoms. The highest BCUT2D eigenvalue weighted by atomic mass is 16.1. The lowest BCUT2D eigenvalue weighted by atomic mass is 10.1. The lowest BCUT2D eigenvalue weighted by Gasteiger charge is -2.32. The Balaban J connectivity index is 2.32. The fraction of sp³-hybridized carbons (Fsp3) is 0.875. The average molecular weight is 156 g/mol. The van der Waals surface area contributed by atoms with Crippen molar-refractivity contribution in [2.24, 2.45) is 5.73 Å². The first kappa shape index (κ1) is 8.68. The van der Waals surface area contributed by atoms with Gasteiger partial charge in [-0.25, -0.2) is 0 Å². The maximum atomic E-state index is 10.4. The van der Waals surface area contributed by atoms with Gasteiger partial charge in [-0.2, -0.15) is 0 Å². The van der Waals surface area contributed by atoms with Crippen molar-refractivity contribution in [2.45, 2.75) is 31.8 Å². The van der Waals surface area contributed by atoms with Crippen molar-refractivity contribution in [2.75, 3.05) is 13.1 Å². The number of nitrogens with two attached hydrogens (primary N) is 1. The van der Waals surface area contributed by atoms with Gasteiger partial charge in [-0.05, 0) is 19.8 Å². The van der Waals surface area contributed by atoms with E-state index in [1.54, 1.807) is 0 Å². The quantitative estimate of drug-likeness (QED) is 0.572. The second kappa shape index (κ2) is 3.83. The molecular weight excluding hydrogens is 140 g/mol. The highest BCUT2D eigenvalue weighted by molar-refractivity contribution is 5.56. The minimum atomic E-state index is 0.0718. The van der Waals surface area contributed by atoms with Crippen LogP contribution in [0.25, 0.3) is 0 Å². The van der Waals surface area contributed by atoms with E-state index in [9.17, 15) is 4.79 Å². The van der Waals surface area contributed by atoms with E-state index in [2.05, 4.69) is 4.90 Å². The topological polar surface area (TPSA) is 46.3 Å². The minimum Gasteiger partial charge on any atom is -0.328 e. The summed E-state index contributed by atoms with van der Waals surface area (Å²) in [6.07, 6.45) is 3.05. The molecule has 0 aromatic carbocycles. The minimum absolute atomic E-state index is 0.0718. The zero-order chi connectivity index (χ0) is 8.27. The summed E-state index contributed by atoms with van der Waals surface area (Å²) in [5, 5.41) is 0. The predicted octanol–water partition coefficient (Wildman–Crippen LogP) is -0.00310. The van der Waals surface area contributed by atoms with E-state index >= 15 is 0 Å². The Morgan fingerprint density at radius 2 is 2.09 bits per heavy atom. The third kappa shape index (κ3) is 2.27. The molecule has 0 saturated carbocycles. The van der Waals surface area contributed by atoms with Gasteiger partial charge in [0.25, 0.3) is 0 Å². The number of rotatable bonds is 2. The molecule has 1 rings (SSSR count). The monoisotopic (exact) mass is 156 g/mol. The van der Waals surface area contributed by atoms with Gasteiger partial charge in [-0.15, -0.1) is 0 Å². The molecule has 0 aromatic rings. The fourth-order valence-electron chi connectivity index (χ4n) is 1.41. The van der Waals surface area contributed by atoms with Crippen molar-refractivity contribution in [1.82, 2.24) is 4.90 Å². The van der Waals surface area contributed by atoms with E-state index in [0.29, 0.717) is 6.04 Å². The van der Waals surface area contributed by atoms with Crippen molar-refractivity contribution in [3.8, 4) is 0 Å². The second-order valence-electron chi connectivity index (χ2n) is 3.25. The van der Waals surface area contributed by atoms with Crippen LogP contribution in [0.5, 0.6) is 0 Å². The van der Waals surface area contributed by atoms with Gasteiger partial charge in [0.2, 0.25) is 0 Å². The summed E-state index contributed by atoms with van der Waals surface area (Å²) >= 11 is 0. The summed E-state index contributed by atoms with van der Waals surface area (Å²) in [5.41, 5.74) is 5.72. The summed E-state index contributed by atoms with van der Waals surface area (Å²) < 4.78 is 0. The van der Waals surface area contributed by atoms with E-state index in [1.807, 2.05) is 6.92 Å². The van der Waals surface area contributed by atoms with Crippen LogP contribution in [0.4, 0.5) is 0 Å². The normalized spacial score (nSPS) is 24.9. The van der Waals surface area contributed by atoms with Crippen LogP contribution in [-0.2, 0) is 4.79 Å². The molecule has 64 valence electrons. The number of hydrogen-bond acceptors (Lipinski definition) is 3. The Labute approximate surface area is 67.5 Å². The summed E-state index contributed by atoms with van der Waals surface area (Å²) in [6, 6.07) is 0.424. The van der Waals surface area contributed by atoms with E-state index < -0.39 is 0 Å². The van der Waals surface area contributed by atoms with E-state index in [1.165, 1.54) is 0 Å². The lowest BCUT2D eigenvalue weighted by Crippen LogP contribution is -2.44. The molecule has 1 unspecified atom stereocenters. The number of carbonyl (C=O) groups excluding carboxylic acids is 1. The Hall–Kier alpha value is -0.410. The molecule has 0 amide bonds. The molecule has 0 aromatic heterocycles. The molecular formula is C8H16N2O. The van der Waals surface area contributed by atoms with E-state index in [4.69, 9.17) is 5.73 Å². The molecule has 2 N–H and O–H groups in total. The molecule has 0 bridgehead atoms. The molecule has 1 fully saturated rings. The van der Waals surface area contributed by atoms with Gasteiger partial charge in [-0.3, -0.25) is 4.90 Å². The summed E-state index contributed by atoms with van der Waals surface area (Å²) in [7, 11) is 0. The van der Waals surface area contributed by atoms with E-state index in [0.717, 1.165) is 32.2 Å². The van der Waals surface area contributed by atoms with Crippen LogP contribution in [0.1, 0.15) is 19.8 Å². The zero-order valence-electron chi connectivity index (χ0n) is 6.99. The fourth-order valence-corrected chi connectivity index (χ4v) is 1.41. The van der Waals surface area contributed by atoms with Gasteiger partial charge in [0.15, 0.2) is 0 Å². The number of aldehydes is 1. The lowest BCUT2D eigenvalue weighted by molar-refractivity contribution is -0.112. The average Bonchev–Trinajstić information content (AvgIpc) is 2.05. The van der Waals surface area contributed by atoms with Gasteiger partial charge < -0.3 is 10.5 Å². The molecule has 0 aliphatic carbocycles. The first-order chi connectivity index (χ1) is 5.24. The van der Waals surface area contributed by atoms with Crippen LogP contribution in [0.15, 0.2) is 0 Å². The molecule has 1 aliphatic heterocycles. The summed E-state index contributed by atoms with van der Waals surface area (Å²) in [6.45, 7) is 3.88. The first-order valence-corrected chi connectivity index (χ1v) is 4.19. The smallest absolute Gasteiger partial charge is 0.136 e. The third-order valence-corrected chi connectivity index (χ3v) is 2.35. The van der Waals surface area contributed by atoms with Crippen LogP contribution in [0, 0.1) is 0 Å². The Bertz CT molecular complexity index is 130. The van der Waals surface area contributed by atoms with Crippen LogP contribution >= 0.6 is 0 Å². The molecule has 3 nitrogen and oxygen atoms in total. The van der Waals surface area contributed by atoms with Gasteiger partial charge in [0, 0.05) is 19.1 Å². The third-order valence-electron chi connectivity index (χ3n) is 2.35. The second-order valence-corrected chi connectivity index (χ2v) is 3.25. The number of likely N-dealkylation sites (tertiary alicyclic amines) is 1. The van der Waals surface area contributed by atoms with Crippen molar-refractivity contribution >= 4 is 6.29 Å². The summed E-state index contributed by atoms with van der Waals surface area (Å²) in [5.74, 6) is 0. The zero-order valence-corrected chi connectivity index (χ0v) is 6.99. The van der Waals surface area contributed by atoms with Gasteiger partial charge in [0.1, 0.15) is 6.29 Å². The molecule has 1 saturated heterocycles. The highest BCUT2D eigenvalue weighted by Crippen LogP contribution is 2.09. The van der Waals surface area contributed by atoms with Crippen molar-refractivity contribution in [3.05, 3.63) is 0 Å². The largest absolute Gasteiger partial charge is 0.328 e. The SMILES string of the molecule is CC(C=O)N1CCC(N)CC1. The van der Waals surface area contributed by atoms with Crippen LogP contribution in [-0.4, -0.2) is 36.4 Å². The van der Waals surface area contributed by atoms with E-state index in [-0.39, 0.29) is 6.04 Å². The maximum Gasteiger partial charge on any atom is 0.136 e. The summed E-state index contributed by atoms with van der Waals surface area (Å²) in [4.78, 5) is 12.6. The van der Waals surface area contributed by atoms with Crippen LogP contribution in [0.2, 0.25) is 0 Å². The Morgan fingerprint density at radius 3 is 2.55 bits per heavy atom. The van der Waals surface area contributed by atoms with Gasteiger partial charge in [-0.1, -0.05) is 0 Å². The Kier molecular flexibility index (Phi) is 3.02. The first-order valence-electron chi connectivity index (χ1n) is 4.19. The number of hydrogen-bond donors (Lipinski definition) is 1. The molecule has 3 heteroatoms. The maximum absolute atomic E-state index is 10.4. The standard InChI is InChI=1S/C8H16N2O/c1-7(6-11)10-4-2-8(9)3-5-10/h6-8H,2-5,9H2,1H3. The highest BCUT2D eigenvalue weighted by Gasteiger charge is 2.19. The van der Waals surface area contributed by atoms with Crippen LogP contribution < -0.4 is 5.73 Å². The molecule has 1 heterocycles. The predicted molar refractivity (Wildman–Crippen MR) is 44.3 cm³/mol. The number of carbonyl (C=O) groups is 1.